The van der Waals surface area contributed by atoms with Crippen LogP contribution in [0.3, 0.4) is 0 Å². The molecule has 2 aliphatic carbocycles. The van der Waals surface area contributed by atoms with Gasteiger partial charge in [0.25, 0.3) is 5.91 Å². The van der Waals surface area contributed by atoms with Crippen LogP contribution in [0.2, 0.25) is 0 Å². The predicted octanol–water partition coefficient (Wildman–Crippen LogP) is 6.15. The van der Waals surface area contributed by atoms with Crippen molar-refractivity contribution in [3.05, 3.63) is 83.4 Å². The number of anilines is 3. The average Bonchev–Trinajstić information content (AvgIpc) is 3.57. The fraction of sp³-hybridized carbons (Fsp3) is 0.382. The van der Waals surface area contributed by atoms with E-state index in [1.165, 1.54) is 16.3 Å². The summed E-state index contributed by atoms with van der Waals surface area (Å²) in [6.07, 6.45) is 6.63. The van der Waals surface area contributed by atoms with Gasteiger partial charge in [-0.25, -0.2) is 13.9 Å². The number of rotatable bonds is 11. The molecule has 6 rings (SSSR count). The summed E-state index contributed by atoms with van der Waals surface area (Å²) in [6.45, 7) is 0.573. The van der Waals surface area contributed by atoms with Crippen LogP contribution in [-0.4, -0.2) is 61.1 Å². The number of allylic oxidation sites excluding steroid dienone is 1. The number of imidazole rings is 1. The predicted molar refractivity (Wildman–Crippen MR) is 171 cm³/mol. The van der Waals surface area contributed by atoms with Crippen molar-refractivity contribution in [3.8, 4) is 11.5 Å². The molecule has 0 bridgehead atoms. The number of carbonyl (C=O) groups excluding carboxylic acids is 1. The van der Waals surface area contributed by atoms with Gasteiger partial charge in [0, 0.05) is 26.1 Å². The van der Waals surface area contributed by atoms with Crippen molar-refractivity contribution in [2.24, 2.45) is 0 Å². The topological polar surface area (TPSA) is 102 Å². The van der Waals surface area contributed by atoms with E-state index in [1.54, 1.807) is 21.3 Å². The van der Waals surface area contributed by atoms with Crippen molar-refractivity contribution >= 4 is 28.7 Å². The summed E-state index contributed by atoms with van der Waals surface area (Å²) in [5, 5.41) is 11.0. The average molecular weight is 615 g/mol. The van der Waals surface area contributed by atoms with Gasteiger partial charge in [0.15, 0.2) is 17.2 Å². The standard InChI is InChI=1S/C34H39FN6O4/c1-40(19-21-10-14-24(44-3)15-11-21)29-17-31(39-41-30(18-36-33(29)41)34(42)38-28-16-26(28)35)37-27-7-5-6-25(32(27)45-4)23-12-8-22(9-13-23)20-43-2/h5-7,10-11,14-15,17-18,20,23,26,28H,8-9,12-13,16,19H2,1-4H3,(H,37,39)(H,38,42)/t23?,26-,28+/m0/s1. The molecule has 2 aromatic heterocycles. The molecule has 236 valence electrons. The number of methoxy groups -OCH3 is 3. The molecule has 1 amide bonds. The SMILES string of the molecule is COC=C1CCC(c2cccc(Nc3cc(N(C)Cc4ccc(OC)cc4)c4ncc(C(=O)N[C@@H]5C[C@@H]5F)n4n3)c2OC)CC1. The third-order valence-corrected chi connectivity index (χ3v) is 8.56. The maximum atomic E-state index is 13.6. The van der Waals surface area contributed by atoms with E-state index in [0.717, 1.165) is 59.7 Å². The number of ether oxygens (including phenoxy) is 3. The van der Waals surface area contributed by atoms with E-state index < -0.39 is 18.1 Å². The van der Waals surface area contributed by atoms with Crippen LogP contribution in [0, 0.1) is 0 Å². The Kier molecular flexibility index (Phi) is 8.77. The fourth-order valence-electron chi connectivity index (χ4n) is 6.02. The molecule has 2 atom stereocenters. The summed E-state index contributed by atoms with van der Waals surface area (Å²) < 4.78 is 31.7. The minimum absolute atomic E-state index is 0.231. The van der Waals surface area contributed by atoms with Crippen molar-refractivity contribution in [2.75, 3.05) is 38.6 Å². The first-order valence-electron chi connectivity index (χ1n) is 15.2. The van der Waals surface area contributed by atoms with Crippen LogP contribution in [0.1, 0.15) is 59.6 Å². The Morgan fingerprint density at radius 2 is 1.87 bits per heavy atom. The van der Waals surface area contributed by atoms with Crippen molar-refractivity contribution < 1.29 is 23.4 Å². The molecule has 0 spiro atoms. The van der Waals surface area contributed by atoms with Crippen LogP contribution in [0.4, 0.5) is 21.6 Å². The van der Waals surface area contributed by atoms with Crippen molar-refractivity contribution in [3.63, 3.8) is 0 Å². The van der Waals surface area contributed by atoms with Gasteiger partial charge >= 0.3 is 0 Å². The second kappa shape index (κ2) is 13.1. The van der Waals surface area contributed by atoms with Gasteiger partial charge in [0.1, 0.15) is 17.7 Å². The minimum atomic E-state index is -1.02. The Hall–Kier alpha value is -4.80. The number of fused-ring (bicyclic) bond motifs is 1. The van der Waals surface area contributed by atoms with E-state index in [0.29, 0.717) is 30.3 Å². The second-order valence-corrected chi connectivity index (χ2v) is 11.7. The third-order valence-electron chi connectivity index (χ3n) is 8.56. The first-order valence-corrected chi connectivity index (χ1v) is 15.2. The molecule has 0 saturated heterocycles. The Bertz CT molecular complexity index is 1700. The lowest BCUT2D eigenvalue weighted by molar-refractivity contribution is 0.0940. The number of aromatic nitrogens is 3. The molecule has 0 radical (unpaired) electrons. The third kappa shape index (κ3) is 6.52. The quantitative estimate of drug-likeness (QED) is 0.194. The number of carbonyl (C=O) groups is 1. The normalized spacial score (nSPS) is 19.1. The molecule has 11 heteroatoms. The highest BCUT2D eigenvalue weighted by Gasteiger charge is 2.39. The maximum absolute atomic E-state index is 13.6. The second-order valence-electron chi connectivity index (χ2n) is 11.7. The summed E-state index contributed by atoms with van der Waals surface area (Å²) in [6, 6.07) is 15.4. The van der Waals surface area contributed by atoms with Crippen LogP contribution in [0.25, 0.3) is 5.65 Å². The Morgan fingerprint density at radius 1 is 1.11 bits per heavy atom. The zero-order valence-electron chi connectivity index (χ0n) is 26.0. The van der Waals surface area contributed by atoms with Crippen LogP contribution in [0.15, 0.2) is 66.6 Å². The molecule has 2 aromatic carbocycles. The Balaban J connectivity index is 1.34. The first-order chi connectivity index (χ1) is 21.9. The van der Waals surface area contributed by atoms with Crippen LogP contribution in [0.5, 0.6) is 11.5 Å². The van der Waals surface area contributed by atoms with Gasteiger partial charge in [-0.3, -0.25) is 4.79 Å². The van der Waals surface area contributed by atoms with Gasteiger partial charge in [0.05, 0.1) is 51.2 Å². The highest BCUT2D eigenvalue weighted by atomic mass is 19.1. The summed E-state index contributed by atoms with van der Waals surface area (Å²) >= 11 is 0. The largest absolute Gasteiger partial charge is 0.504 e. The smallest absolute Gasteiger partial charge is 0.271 e. The molecule has 4 aromatic rings. The van der Waals surface area contributed by atoms with Gasteiger partial charge in [-0.1, -0.05) is 24.3 Å². The molecule has 2 aliphatic rings. The Labute approximate surface area is 262 Å². The monoisotopic (exact) mass is 614 g/mol. The van der Waals surface area contributed by atoms with E-state index in [4.69, 9.17) is 19.3 Å². The zero-order valence-corrected chi connectivity index (χ0v) is 26.0. The van der Waals surface area contributed by atoms with Crippen LogP contribution < -0.4 is 25.0 Å². The molecule has 0 unspecified atom stereocenters. The fourth-order valence-corrected chi connectivity index (χ4v) is 6.02. The van der Waals surface area contributed by atoms with E-state index in [9.17, 15) is 9.18 Å². The number of nitrogens with one attached hydrogen (secondary N) is 2. The highest BCUT2D eigenvalue weighted by Crippen LogP contribution is 2.43. The number of para-hydroxylation sites is 1. The van der Waals surface area contributed by atoms with E-state index in [1.807, 2.05) is 55.8 Å². The highest BCUT2D eigenvalue weighted by molar-refractivity contribution is 5.94. The van der Waals surface area contributed by atoms with E-state index >= 15 is 0 Å². The lowest BCUT2D eigenvalue weighted by Crippen LogP contribution is -2.28. The van der Waals surface area contributed by atoms with Gasteiger partial charge in [-0.15, -0.1) is 5.10 Å². The summed E-state index contributed by atoms with van der Waals surface area (Å²) in [4.78, 5) is 19.8. The summed E-state index contributed by atoms with van der Waals surface area (Å²) in [5.74, 6) is 1.99. The van der Waals surface area contributed by atoms with E-state index in [2.05, 4.69) is 26.6 Å². The molecule has 10 nitrogen and oxygen atoms in total. The number of benzene rings is 2. The first kappa shape index (κ1) is 30.2. The number of halogens is 1. The lowest BCUT2D eigenvalue weighted by Gasteiger charge is -2.26. The van der Waals surface area contributed by atoms with Gasteiger partial charge in [0.2, 0.25) is 0 Å². The van der Waals surface area contributed by atoms with E-state index in [-0.39, 0.29) is 5.69 Å². The number of alkyl halides is 1. The summed E-state index contributed by atoms with van der Waals surface area (Å²) in [7, 11) is 6.98. The van der Waals surface area contributed by atoms with Crippen molar-refractivity contribution in [2.45, 2.75) is 56.8 Å². The number of amides is 1. The molecule has 2 saturated carbocycles. The molecule has 2 N–H and O–H groups in total. The molecular formula is C34H39FN6O4. The molecular weight excluding hydrogens is 575 g/mol. The van der Waals surface area contributed by atoms with Gasteiger partial charge < -0.3 is 29.7 Å². The van der Waals surface area contributed by atoms with Gasteiger partial charge in [-0.2, -0.15) is 0 Å². The molecule has 0 aliphatic heterocycles. The zero-order chi connectivity index (χ0) is 31.5. The van der Waals surface area contributed by atoms with Crippen molar-refractivity contribution in [1.82, 2.24) is 19.9 Å². The maximum Gasteiger partial charge on any atom is 0.271 e. The summed E-state index contributed by atoms with van der Waals surface area (Å²) in [5.41, 5.74) is 5.82. The van der Waals surface area contributed by atoms with Crippen LogP contribution >= 0.6 is 0 Å². The lowest BCUT2D eigenvalue weighted by atomic mass is 9.81. The number of nitrogens with zero attached hydrogens (tertiary/aromatic N) is 4. The van der Waals surface area contributed by atoms with Crippen molar-refractivity contribution in [1.29, 1.82) is 0 Å². The van der Waals surface area contributed by atoms with Crippen LogP contribution in [-0.2, 0) is 11.3 Å². The minimum Gasteiger partial charge on any atom is -0.504 e. The van der Waals surface area contributed by atoms with Gasteiger partial charge in [-0.05, 0) is 66.5 Å². The molecule has 2 fully saturated rings. The molecule has 2 heterocycles. The molecule has 45 heavy (non-hydrogen) atoms. The Morgan fingerprint density at radius 3 is 2.53 bits per heavy atom. The number of hydrogen-bond donors (Lipinski definition) is 2. The number of hydrogen-bond acceptors (Lipinski definition) is 8.